The van der Waals surface area contributed by atoms with Crippen molar-refractivity contribution >= 4 is 11.6 Å². The van der Waals surface area contributed by atoms with E-state index in [4.69, 9.17) is 16.3 Å². The molecule has 1 N–H and O–H groups in total. The first kappa shape index (κ1) is 20.4. The van der Waals surface area contributed by atoms with Gasteiger partial charge in [-0.05, 0) is 49.6 Å². The molecule has 30 heavy (non-hydrogen) atoms. The predicted octanol–water partition coefficient (Wildman–Crippen LogP) is 3.52. The molecule has 0 atom stereocenters. The van der Waals surface area contributed by atoms with Gasteiger partial charge in [0.2, 0.25) is 5.88 Å². The second kappa shape index (κ2) is 8.85. The number of H-pyrrole nitrogens is 1. The van der Waals surface area contributed by atoms with Crippen LogP contribution in [0.1, 0.15) is 30.0 Å². The summed E-state index contributed by atoms with van der Waals surface area (Å²) in [5, 5.41) is 0.614. The molecule has 1 aromatic carbocycles. The number of aromatic nitrogens is 3. The lowest BCUT2D eigenvalue weighted by Gasteiger charge is -2.32. The zero-order valence-corrected chi connectivity index (χ0v) is 17.4. The number of benzene rings is 1. The summed E-state index contributed by atoms with van der Waals surface area (Å²) >= 11 is 6.01. The van der Waals surface area contributed by atoms with Crippen LogP contribution in [0.5, 0.6) is 11.6 Å². The van der Waals surface area contributed by atoms with Gasteiger partial charge in [0.25, 0.3) is 5.56 Å². The van der Waals surface area contributed by atoms with E-state index in [-0.39, 0.29) is 17.3 Å². The van der Waals surface area contributed by atoms with Crippen LogP contribution in [0.25, 0.3) is 0 Å². The summed E-state index contributed by atoms with van der Waals surface area (Å²) in [5.74, 6) is 1.18. The van der Waals surface area contributed by atoms with Crippen LogP contribution in [-0.4, -0.2) is 32.5 Å². The molecule has 156 valence electrons. The lowest BCUT2D eigenvalue weighted by molar-refractivity contribution is 0.176. The van der Waals surface area contributed by atoms with E-state index in [1.807, 2.05) is 24.3 Å². The van der Waals surface area contributed by atoms with Crippen molar-refractivity contribution in [3.63, 3.8) is 0 Å². The molecule has 0 unspecified atom stereocenters. The topological polar surface area (TPSA) is 80.2 Å². The Hall–Kier alpha value is -2.90. The maximum absolute atomic E-state index is 12.1. The molecule has 0 amide bonds. The smallest absolute Gasteiger partial charge is 0.328 e. The van der Waals surface area contributed by atoms with Crippen LogP contribution in [0.15, 0.2) is 58.4 Å². The number of nitrogens with one attached hydrogen (secondary N) is 1. The van der Waals surface area contributed by atoms with Crippen LogP contribution in [0, 0.1) is 6.92 Å². The minimum Gasteiger partial charge on any atom is -0.439 e. The third-order valence-corrected chi connectivity index (χ3v) is 5.56. The Morgan fingerprint density at radius 3 is 2.77 bits per heavy atom. The highest BCUT2D eigenvalue weighted by molar-refractivity contribution is 6.30. The fourth-order valence-corrected chi connectivity index (χ4v) is 3.91. The molecule has 3 heterocycles. The number of hydrogen-bond donors (Lipinski definition) is 1. The molecule has 3 aromatic rings. The van der Waals surface area contributed by atoms with Gasteiger partial charge in [-0.1, -0.05) is 17.7 Å². The Bertz CT molecular complexity index is 1150. The number of ether oxygens (including phenoxy) is 1. The molecule has 0 aliphatic carbocycles. The predicted molar refractivity (Wildman–Crippen MR) is 115 cm³/mol. The van der Waals surface area contributed by atoms with Crippen molar-refractivity contribution in [2.45, 2.75) is 32.4 Å². The Morgan fingerprint density at radius 1 is 1.20 bits per heavy atom. The highest BCUT2D eigenvalue weighted by Gasteiger charge is 2.22. The molecule has 2 aromatic heterocycles. The molecule has 0 spiro atoms. The molecule has 7 nitrogen and oxygen atoms in total. The van der Waals surface area contributed by atoms with Crippen molar-refractivity contribution < 1.29 is 4.74 Å². The largest absolute Gasteiger partial charge is 0.439 e. The highest BCUT2D eigenvalue weighted by Crippen LogP contribution is 2.25. The number of aromatic amines is 1. The van der Waals surface area contributed by atoms with E-state index in [2.05, 4.69) is 14.9 Å². The van der Waals surface area contributed by atoms with Crippen molar-refractivity contribution in [1.29, 1.82) is 0 Å². The Kier molecular flexibility index (Phi) is 6.01. The number of likely N-dealkylation sites (tertiary alicyclic amines) is 1. The molecule has 4 rings (SSSR count). The number of nitrogens with zero attached hydrogens (tertiary/aromatic N) is 3. The van der Waals surface area contributed by atoms with Gasteiger partial charge in [-0.2, -0.15) is 0 Å². The van der Waals surface area contributed by atoms with Crippen LogP contribution < -0.4 is 16.0 Å². The Morgan fingerprint density at radius 2 is 2.00 bits per heavy atom. The van der Waals surface area contributed by atoms with Crippen LogP contribution in [0.2, 0.25) is 5.02 Å². The minimum atomic E-state index is -0.332. The molecular formula is C22H23ClN4O3. The molecule has 1 saturated heterocycles. The minimum absolute atomic E-state index is 0.100. The van der Waals surface area contributed by atoms with Crippen LogP contribution in [0.3, 0.4) is 0 Å². The first-order valence-electron chi connectivity index (χ1n) is 9.91. The standard InChI is InChI=1S/C22H23ClN4O3/c1-15-13-27(22(29)25-21(15)28)18-6-9-26(10-7-18)14-16-5-8-24-20(11-16)30-19-4-2-3-17(23)12-19/h2-5,8,11-13,18H,6-7,9-10,14H2,1H3,(H,25,28,29). The third kappa shape index (κ3) is 4.80. The zero-order chi connectivity index (χ0) is 21.1. The maximum atomic E-state index is 12.1. The maximum Gasteiger partial charge on any atom is 0.328 e. The summed E-state index contributed by atoms with van der Waals surface area (Å²) in [5.41, 5.74) is 1.02. The number of halogens is 1. The number of piperidine rings is 1. The van der Waals surface area contributed by atoms with Crippen LogP contribution in [-0.2, 0) is 6.54 Å². The highest BCUT2D eigenvalue weighted by atomic mass is 35.5. The van der Waals surface area contributed by atoms with Gasteiger partial charge in [0.05, 0.1) is 0 Å². The summed E-state index contributed by atoms with van der Waals surface area (Å²) in [6.07, 6.45) is 5.11. The average molecular weight is 427 g/mol. The quantitative estimate of drug-likeness (QED) is 0.675. The second-order valence-corrected chi connectivity index (χ2v) is 7.98. The lowest BCUT2D eigenvalue weighted by atomic mass is 10.0. The molecule has 1 aliphatic rings. The van der Waals surface area contributed by atoms with E-state index in [9.17, 15) is 9.59 Å². The first-order chi connectivity index (χ1) is 14.5. The van der Waals surface area contributed by atoms with E-state index < -0.39 is 0 Å². The van der Waals surface area contributed by atoms with Gasteiger partial charge in [-0.15, -0.1) is 0 Å². The molecule has 0 radical (unpaired) electrons. The van der Waals surface area contributed by atoms with Crippen molar-refractivity contribution in [1.82, 2.24) is 19.4 Å². The summed E-state index contributed by atoms with van der Waals surface area (Å²) in [6, 6.07) is 11.2. The number of pyridine rings is 1. The van der Waals surface area contributed by atoms with Crippen LogP contribution >= 0.6 is 11.6 Å². The SMILES string of the molecule is Cc1cn(C2CCN(Cc3ccnc(Oc4cccc(Cl)c4)c3)CC2)c(=O)[nH]c1=O. The molecule has 1 aliphatic heterocycles. The van der Waals surface area contributed by atoms with Gasteiger partial charge in [0, 0.05) is 54.7 Å². The van der Waals surface area contributed by atoms with Gasteiger partial charge in [-0.3, -0.25) is 19.2 Å². The van der Waals surface area contributed by atoms with E-state index >= 15 is 0 Å². The Balaban J connectivity index is 1.38. The summed E-state index contributed by atoms with van der Waals surface area (Å²) in [6.45, 7) is 4.22. The summed E-state index contributed by atoms with van der Waals surface area (Å²) < 4.78 is 7.48. The Labute approximate surface area is 178 Å². The third-order valence-electron chi connectivity index (χ3n) is 5.32. The molecule has 0 bridgehead atoms. The number of rotatable bonds is 5. The summed E-state index contributed by atoms with van der Waals surface area (Å²) in [7, 11) is 0. The van der Waals surface area contributed by atoms with Crippen molar-refractivity contribution in [3.8, 4) is 11.6 Å². The fourth-order valence-electron chi connectivity index (χ4n) is 3.73. The van der Waals surface area contributed by atoms with Crippen molar-refractivity contribution in [3.05, 3.63) is 85.8 Å². The van der Waals surface area contributed by atoms with E-state index in [1.165, 1.54) is 0 Å². The zero-order valence-electron chi connectivity index (χ0n) is 16.7. The van der Waals surface area contributed by atoms with Gasteiger partial charge in [-0.25, -0.2) is 9.78 Å². The number of hydrogen-bond acceptors (Lipinski definition) is 5. The normalized spacial score (nSPS) is 15.3. The lowest BCUT2D eigenvalue weighted by Crippen LogP contribution is -2.39. The molecular weight excluding hydrogens is 404 g/mol. The van der Waals surface area contributed by atoms with Gasteiger partial charge in [0.15, 0.2) is 0 Å². The number of aryl methyl sites for hydroxylation is 1. The van der Waals surface area contributed by atoms with Crippen molar-refractivity contribution in [2.75, 3.05) is 13.1 Å². The monoisotopic (exact) mass is 426 g/mol. The van der Waals surface area contributed by atoms with E-state index in [0.717, 1.165) is 38.0 Å². The van der Waals surface area contributed by atoms with Gasteiger partial charge in [0.1, 0.15) is 5.75 Å². The van der Waals surface area contributed by atoms with E-state index in [0.29, 0.717) is 22.2 Å². The van der Waals surface area contributed by atoms with Gasteiger partial charge < -0.3 is 4.74 Å². The van der Waals surface area contributed by atoms with Gasteiger partial charge >= 0.3 is 5.69 Å². The average Bonchev–Trinajstić information content (AvgIpc) is 2.72. The fraction of sp³-hybridized carbons (Fsp3) is 0.318. The van der Waals surface area contributed by atoms with E-state index in [1.54, 1.807) is 36.0 Å². The van der Waals surface area contributed by atoms with Crippen LogP contribution in [0.4, 0.5) is 0 Å². The first-order valence-corrected chi connectivity index (χ1v) is 10.3. The molecule has 1 fully saturated rings. The second-order valence-electron chi connectivity index (χ2n) is 7.55. The van der Waals surface area contributed by atoms with Crippen molar-refractivity contribution in [2.24, 2.45) is 0 Å². The molecule has 0 saturated carbocycles. The summed E-state index contributed by atoms with van der Waals surface area (Å²) in [4.78, 5) is 32.8. The molecule has 8 heteroatoms.